The van der Waals surface area contributed by atoms with Crippen molar-refractivity contribution in [2.75, 3.05) is 25.5 Å². The van der Waals surface area contributed by atoms with Gasteiger partial charge in [-0.05, 0) is 50.8 Å². The summed E-state index contributed by atoms with van der Waals surface area (Å²) in [6.45, 7) is 4.91. The van der Waals surface area contributed by atoms with Gasteiger partial charge < -0.3 is 15.0 Å². The third-order valence-corrected chi connectivity index (χ3v) is 7.02. The highest BCUT2D eigenvalue weighted by atomic mass is 19.1. The van der Waals surface area contributed by atoms with Crippen LogP contribution in [0.1, 0.15) is 42.5 Å². The third-order valence-electron chi connectivity index (χ3n) is 7.02. The number of fused-ring (bicyclic) bond motifs is 1. The van der Waals surface area contributed by atoms with Gasteiger partial charge in [0, 0.05) is 41.5 Å². The molecule has 0 unspecified atom stereocenters. The van der Waals surface area contributed by atoms with E-state index in [-0.39, 0.29) is 11.4 Å². The van der Waals surface area contributed by atoms with E-state index in [1.807, 2.05) is 17.9 Å². The zero-order valence-electron chi connectivity index (χ0n) is 19.5. The molecule has 0 aromatic carbocycles. The van der Waals surface area contributed by atoms with Crippen molar-refractivity contribution in [2.24, 2.45) is 0 Å². The molecule has 5 rings (SSSR count). The SMILES string of the molecule is COc1cc([C@@H](C)C(=O)N2CC[C@@]3(CCc4cc(-c5ccnnc5)c(C)nc4N3)C2)c(F)cn1. The number of nitrogens with zero attached hydrogens (tertiary/aromatic N) is 5. The van der Waals surface area contributed by atoms with Crippen LogP contribution in [-0.2, 0) is 11.2 Å². The standard InChI is InChI=1S/C25H27FN6O2/c1-15(19-11-22(34-3)27-13-21(19)26)24(33)32-9-7-25(14-32)6-4-17-10-20(16(2)30-23(17)31-25)18-5-8-28-29-12-18/h5,8,10-13,15H,4,6-7,9,14H2,1-3H3,(H,30,31)/t15-,25+/m1/s1. The van der Waals surface area contributed by atoms with E-state index in [9.17, 15) is 9.18 Å². The summed E-state index contributed by atoms with van der Waals surface area (Å²) in [5, 5.41) is 11.5. The highest BCUT2D eigenvalue weighted by Gasteiger charge is 2.43. The molecule has 34 heavy (non-hydrogen) atoms. The number of likely N-dealkylation sites (tertiary alicyclic amines) is 1. The van der Waals surface area contributed by atoms with Gasteiger partial charge in [0.2, 0.25) is 11.8 Å². The van der Waals surface area contributed by atoms with E-state index in [0.29, 0.717) is 24.5 Å². The Morgan fingerprint density at radius 3 is 2.88 bits per heavy atom. The second-order valence-corrected chi connectivity index (χ2v) is 9.15. The average Bonchev–Trinajstić information content (AvgIpc) is 3.26. The van der Waals surface area contributed by atoms with Gasteiger partial charge >= 0.3 is 0 Å². The number of anilines is 1. The first kappa shape index (κ1) is 22.2. The second-order valence-electron chi connectivity index (χ2n) is 9.15. The fourth-order valence-electron chi connectivity index (χ4n) is 5.03. The number of carbonyl (C=O) groups is 1. The minimum atomic E-state index is -0.625. The molecule has 3 aromatic rings. The number of aromatic nitrogens is 4. The number of halogens is 1. The van der Waals surface area contributed by atoms with E-state index in [1.165, 1.54) is 13.2 Å². The van der Waals surface area contributed by atoms with Gasteiger partial charge in [-0.2, -0.15) is 10.2 Å². The number of nitrogens with one attached hydrogen (secondary N) is 1. The van der Waals surface area contributed by atoms with Crippen LogP contribution in [0, 0.1) is 12.7 Å². The van der Waals surface area contributed by atoms with E-state index in [2.05, 4.69) is 26.6 Å². The first-order valence-corrected chi connectivity index (χ1v) is 11.4. The molecule has 1 amide bonds. The lowest BCUT2D eigenvalue weighted by molar-refractivity contribution is -0.131. The lowest BCUT2D eigenvalue weighted by Gasteiger charge is -2.36. The first-order chi connectivity index (χ1) is 16.4. The highest BCUT2D eigenvalue weighted by molar-refractivity contribution is 5.84. The molecule has 2 aliphatic heterocycles. The molecule has 176 valence electrons. The number of hydrogen-bond donors (Lipinski definition) is 1. The first-order valence-electron chi connectivity index (χ1n) is 11.4. The van der Waals surface area contributed by atoms with Crippen molar-refractivity contribution in [2.45, 2.75) is 44.6 Å². The van der Waals surface area contributed by atoms with Crippen molar-refractivity contribution in [3.05, 3.63) is 59.4 Å². The number of amides is 1. The van der Waals surface area contributed by atoms with E-state index in [0.717, 1.165) is 53.7 Å². The van der Waals surface area contributed by atoms with Gasteiger partial charge in [0.05, 0.1) is 37.2 Å². The van der Waals surface area contributed by atoms with Crippen molar-refractivity contribution in [1.29, 1.82) is 0 Å². The van der Waals surface area contributed by atoms with Crippen LogP contribution in [0.5, 0.6) is 5.88 Å². The molecule has 1 saturated heterocycles. The van der Waals surface area contributed by atoms with Crippen LogP contribution in [0.25, 0.3) is 11.1 Å². The smallest absolute Gasteiger partial charge is 0.230 e. The van der Waals surface area contributed by atoms with Crippen molar-refractivity contribution in [3.63, 3.8) is 0 Å². The molecule has 0 saturated carbocycles. The summed E-state index contributed by atoms with van der Waals surface area (Å²) in [5.74, 6) is -0.0501. The van der Waals surface area contributed by atoms with Crippen molar-refractivity contribution in [1.82, 2.24) is 25.1 Å². The van der Waals surface area contributed by atoms with Crippen molar-refractivity contribution in [3.8, 4) is 17.0 Å². The van der Waals surface area contributed by atoms with Crippen LogP contribution in [0.4, 0.5) is 10.2 Å². The molecule has 0 aliphatic carbocycles. The number of aryl methyl sites for hydroxylation is 2. The Morgan fingerprint density at radius 2 is 2.12 bits per heavy atom. The van der Waals surface area contributed by atoms with Crippen LogP contribution in [0.2, 0.25) is 0 Å². The van der Waals surface area contributed by atoms with Crippen LogP contribution in [0.15, 0.2) is 36.8 Å². The quantitative estimate of drug-likeness (QED) is 0.634. The number of pyridine rings is 2. The summed E-state index contributed by atoms with van der Waals surface area (Å²) in [5.41, 5.74) is 4.20. The summed E-state index contributed by atoms with van der Waals surface area (Å²) in [6, 6.07) is 5.61. The monoisotopic (exact) mass is 462 g/mol. The number of hydrogen-bond acceptors (Lipinski definition) is 7. The molecule has 0 bridgehead atoms. The molecule has 1 fully saturated rings. The van der Waals surface area contributed by atoms with Crippen molar-refractivity contribution >= 4 is 11.7 Å². The Bertz CT molecular complexity index is 1240. The lowest BCUT2D eigenvalue weighted by atomic mass is 9.86. The zero-order chi connectivity index (χ0) is 23.9. The van der Waals surface area contributed by atoms with Gasteiger partial charge in [-0.1, -0.05) is 0 Å². The zero-order valence-corrected chi connectivity index (χ0v) is 19.5. The van der Waals surface area contributed by atoms with Crippen LogP contribution in [-0.4, -0.2) is 56.7 Å². The van der Waals surface area contributed by atoms with Crippen LogP contribution >= 0.6 is 0 Å². The minimum Gasteiger partial charge on any atom is -0.481 e. The Kier molecular flexibility index (Phi) is 5.63. The molecule has 0 radical (unpaired) electrons. The van der Waals surface area contributed by atoms with E-state index >= 15 is 0 Å². The lowest BCUT2D eigenvalue weighted by Crippen LogP contribution is -2.46. The number of methoxy groups -OCH3 is 1. The fraction of sp³-hybridized carbons (Fsp3) is 0.400. The Labute approximate surface area is 197 Å². The molecule has 1 N–H and O–H groups in total. The van der Waals surface area contributed by atoms with Gasteiger partial charge in [-0.3, -0.25) is 4.79 Å². The molecule has 1 spiro atoms. The van der Waals surface area contributed by atoms with Gasteiger partial charge in [0.1, 0.15) is 11.6 Å². The predicted octanol–water partition coefficient (Wildman–Crippen LogP) is 3.52. The van der Waals surface area contributed by atoms with Gasteiger partial charge in [0.15, 0.2) is 0 Å². The predicted molar refractivity (Wildman–Crippen MR) is 125 cm³/mol. The molecule has 3 aromatic heterocycles. The topological polar surface area (TPSA) is 93.1 Å². The normalized spacial score (nSPS) is 20.1. The maximum atomic E-state index is 14.4. The second kappa shape index (κ2) is 8.62. The summed E-state index contributed by atoms with van der Waals surface area (Å²) in [4.78, 5) is 23.8. The van der Waals surface area contributed by atoms with E-state index in [4.69, 9.17) is 9.72 Å². The van der Waals surface area contributed by atoms with E-state index < -0.39 is 11.7 Å². The van der Waals surface area contributed by atoms with Crippen LogP contribution < -0.4 is 10.1 Å². The van der Waals surface area contributed by atoms with E-state index in [1.54, 1.807) is 19.3 Å². The number of carbonyl (C=O) groups excluding carboxylic acids is 1. The van der Waals surface area contributed by atoms with Crippen molar-refractivity contribution < 1.29 is 13.9 Å². The molecule has 2 atom stereocenters. The maximum Gasteiger partial charge on any atom is 0.230 e. The Balaban J connectivity index is 1.33. The number of rotatable bonds is 4. The largest absolute Gasteiger partial charge is 0.481 e. The molecule has 9 heteroatoms. The molecule has 2 aliphatic rings. The molecule has 8 nitrogen and oxygen atoms in total. The van der Waals surface area contributed by atoms with Gasteiger partial charge in [0.25, 0.3) is 0 Å². The average molecular weight is 463 g/mol. The number of ether oxygens (including phenoxy) is 1. The summed E-state index contributed by atoms with van der Waals surface area (Å²) < 4.78 is 19.5. The third kappa shape index (κ3) is 3.95. The summed E-state index contributed by atoms with van der Waals surface area (Å²) in [7, 11) is 1.47. The molecule has 5 heterocycles. The summed E-state index contributed by atoms with van der Waals surface area (Å²) in [6.07, 6.45) is 7.12. The Morgan fingerprint density at radius 1 is 1.26 bits per heavy atom. The fourth-order valence-corrected chi connectivity index (χ4v) is 5.03. The van der Waals surface area contributed by atoms with Gasteiger partial charge in [-0.15, -0.1) is 0 Å². The Hall–Kier alpha value is -3.62. The molecular weight excluding hydrogens is 435 g/mol. The molecular formula is C25H27FN6O2. The summed E-state index contributed by atoms with van der Waals surface area (Å²) >= 11 is 0. The minimum absolute atomic E-state index is 0.0960. The van der Waals surface area contributed by atoms with Crippen LogP contribution in [0.3, 0.4) is 0 Å². The maximum absolute atomic E-state index is 14.4. The highest BCUT2D eigenvalue weighted by Crippen LogP contribution is 2.39. The van der Waals surface area contributed by atoms with Gasteiger partial charge in [-0.25, -0.2) is 14.4 Å².